The molecule has 0 aromatic heterocycles. The molecule has 4 nitrogen and oxygen atoms in total. The van der Waals surface area contributed by atoms with E-state index in [1.807, 2.05) is 19.1 Å². The second-order valence-corrected chi connectivity index (χ2v) is 3.16. The van der Waals surface area contributed by atoms with E-state index in [0.29, 0.717) is 12.2 Å². The first-order valence-corrected chi connectivity index (χ1v) is 4.41. The molecule has 0 bridgehead atoms. The molecule has 76 valence electrons. The lowest BCUT2D eigenvalue weighted by molar-refractivity contribution is -0.136. The maximum atomic E-state index is 10.3. The van der Waals surface area contributed by atoms with Crippen molar-refractivity contribution in [3.05, 3.63) is 23.8 Å². The smallest absolute Gasteiger partial charge is 0.305 e. The molecule has 14 heavy (non-hydrogen) atoms. The van der Waals surface area contributed by atoms with Gasteiger partial charge >= 0.3 is 5.97 Å². The van der Waals surface area contributed by atoms with Crippen LogP contribution in [0.15, 0.2) is 18.2 Å². The Bertz CT molecular complexity index is 337. The van der Waals surface area contributed by atoms with Gasteiger partial charge in [0.15, 0.2) is 0 Å². The molecule has 0 saturated heterocycles. The third-order valence-electron chi connectivity index (χ3n) is 1.86. The molecule has 4 heteroatoms. The fraction of sp³-hybridized carbons (Fsp3) is 0.300. The number of carbonyl (C=O) groups is 1. The maximum absolute atomic E-state index is 10.3. The summed E-state index contributed by atoms with van der Waals surface area (Å²) in [6.07, 6.45) is 0.0907. The van der Waals surface area contributed by atoms with Gasteiger partial charge in [-0.15, -0.1) is 0 Å². The molecule has 0 aliphatic heterocycles. The van der Waals surface area contributed by atoms with Gasteiger partial charge in [0.25, 0.3) is 0 Å². The monoisotopic (exact) mass is 194 g/mol. The highest BCUT2D eigenvalue weighted by molar-refractivity contribution is 5.70. The number of nitrogen functional groups attached to an aromatic ring is 1. The van der Waals surface area contributed by atoms with Gasteiger partial charge in [0.1, 0.15) is 0 Å². The van der Waals surface area contributed by atoms with Crippen LogP contribution in [0.4, 0.5) is 11.4 Å². The summed E-state index contributed by atoms with van der Waals surface area (Å²) in [5.41, 5.74) is 8.23. The molecule has 0 aliphatic rings. The zero-order chi connectivity index (χ0) is 10.6. The molecule has 1 aromatic carbocycles. The molecule has 1 rings (SSSR count). The van der Waals surface area contributed by atoms with Gasteiger partial charge in [-0.3, -0.25) is 4.79 Å². The van der Waals surface area contributed by atoms with Crippen molar-refractivity contribution in [2.45, 2.75) is 13.3 Å². The van der Waals surface area contributed by atoms with Gasteiger partial charge < -0.3 is 16.2 Å². The van der Waals surface area contributed by atoms with Gasteiger partial charge in [-0.25, -0.2) is 0 Å². The number of carboxylic acid groups (broad SMARTS) is 1. The van der Waals surface area contributed by atoms with Crippen molar-refractivity contribution in [1.29, 1.82) is 0 Å². The second-order valence-electron chi connectivity index (χ2n) is 3.16. The number of hydrogen-bond donors (Lipinski definition) is 3. The summed E-state index contributed by atoms with van der Waals surface area (Å²) >= 11 is 0. The third kappa shape index (κ3) is 2.97. The Balaban J connectivity index is 2.57. The summed E-state index contributed by atoms with van der Waals surface area (Å²) in [5.74, 6) is -0.816. The Morgan fingerprint density at radius 2 is 2.29 bits per heavy atom. The highest BCUT2D eigenvalue weighted by Crippen LogP contribution is 2.19. The largest absolute Gasteiger partial charge is 0.481 e. The van der Waals surface area contributed by atoms with Crippen molar-refractivity contribution < 1.29 is 9.90 Å². The Morgan fingerprint density at radius 1 is 1.57 bits per heavy atom. The first-order valence-electron chi connectivity index (χ1n) is 4.41. The van der Waals surface area contributed by atoms with Crippen LogP contribution in [0.5, 0.6) is 0 Å². The van der Waals surface area contributed by atoms with E-state index < -0.39 is 5.97 Å². The van der Waals surface area contributed by atoms with Gasteiger partial charge in [0, 0.05) is 6.54 Å². The number of anilines is 2. The van der Waals surface area contributed by atoms with Crippen molar-refractivity contribution in [1.82, 2.24) is 0 Å². The van der Waals surface area contributed by atoms with Gasteiger partial charge in [0.05, 0.1) is 17.8 Å². The third-order valence-corrected chi connectivity index (χ3v) is 1.86. The zero-order valence-corrected chi connectivity index (χ0v) is 8.08. The number of rotatable bonds is 4. The van der Waals surface area contributed by atoms with Gasteiger partial charge in [-0.2, -0.15) is 0 Å². The standard InChI is InChI=1S/C10H14N2O2/c1-7-2-3-8(11)9(6-7)12-5-4-10(13)14/h2-3,6,12H,4-5,11H2,1H3,(H,13,14). The highest BCUT2D eigenvalue weighted by Gasteiger charge is 2.00. The molecule has 0 heterocycles. The van der Waals surface area contributed by atoms with Gasteiger partial charge in [0.2, 0.25) is 0 Å². The van der Waals surface area contributed by atoms with Crippen molar-refractivity contribution in [2.24, 2.45) is 0 Å². The molecule has 0 saturated carbocycles. The Kier molecular flexibility index (Phi) is 3.34. The number of benzene rings is 1. The molecule has 4 N–H and O–H groups in total. The van der Waals surface area contributed by atoms with Crippen LogP contribution in [-0.2, 0) is 4.79 Å². The van der Waals surface area contributed by atoms with Crippen LogP contribution in [0.3, 0.4) is 0 Å². The quantitative estimate of drug-likeness (QED) is 0.634. The van der Waals surface area contributed by atoms with Crippen LogP contribution < -0.4 is 11.1 Å². The first kappa shape index (κ1) is 10.4. The number of nitrogens with one attached hydrogen (secondary N) is 1. The Labute approximate surface area is 82.7 Å². The lowest BCUT2D eigenvalue weighted by atomic mass is 10.2. The molecule has 0 aliphatic carbocycles. The molecule has 0 unspecified atom stereocenters. The highest BCUT2D eigenvalue weighted by atomic mass is 16.4. The first-order chi connectivity index (χ1) is 6.59. The van der Waals surface area contributed by atoms with Crippen molar-refractivity contribution in [2.75, 3.05) is 17.6 Å². The van der Waals surface area contributed by atoms with E-state index in [9.17, 15) is 4.79 Å². The average molecular weight is 194 g/mol. The van der Waals surface area contributed by atoms with Crippen molar-refractivity contribution in [3.8, 4) is 0 Å². The van der Waals surface area contributed by atoms with Gasteiger partial charge in [-0.1, -0.05) is 6.07 Å². The minimum Gasteiger partial charge on any atom is -0.481 e. The molecule has 0 fully saturated rings. The van der Waals surface area contributed by atoms with E-state index in [0.717, 1.165) is 11.3 Å². The number of hydrogen-bond acceptors (Lipinski definition) is 3. The van der Waals surface area contributed by atoms with Crippen LogP contribution >= 0.6 is 0 Å². The van der Waals surface area contributed by atoms with Crippen LogP contribution in [-0.4, -0.2) is 17.6 Å². The molecule has 0 spiro atoms. The summed E-state index contributed by atoms with van der Waals surface area (Å²) in [5, 5.41) is 11.4. The van der Waals surface area contributed by atoms with E-state index in [-0.39, 0.29) is 6.42 Å². The fourth-order valence-electron chi connectivity index (χ4n) is 1.13. The number of carboxylic acids is 1. The molecule has 0 amide bonds. The normalized spacial score (nSPS) is 9.79. The topological polar surface area (TPSA) is 75.3 Å². The summed E-state index contributed by atoms with van der Waals surface area (Å²) < 4.78 is 0. The van der Waals surface area contributed by atoms with E-state index >= 15 is 0 Å². The molecule has 0 radical (unpaired) electrons. The summed E-state index contributed by atoms with van der Waals surface area (Å²) in [7, 11) is 0. The Hall–Kier alpha value is -1.71. The summed E-state index contributed by atoms with van der Waals surface area (Å²) in [4.78, 5) is 10.3. The minimum absolute atomic E-state index is 0.0907. The van der Waals surface area contributed by atoms with E-state index in [4.69, 9.17) is 10.8 Å². The van der Waals surface area contributed by atoms with E-state index in [1.54, 1.807) is 6.07 Å². The number of nitrogens with two attached hydrogens (primary N) is 1. The predicted octanol–water partition coefficient (Wildman–Crippen LogP) is 1.46. The molecular formula is C10H14N2O2. The molecule has 1 aromatic rings. The van der Waals surface area contributed by atoms with Crippen molar-refractivity contribution >= 4 is 17.3 Å². The zero-order valence-electron chi connectivity index (χ0n) is 8.08. The lowest BCUT2D eigenvalue weighted by Gasteiger charge is -2.08. The van der Waals surface area contributed by atoms with Crippen LogP contribution in [0.25, 0.3) is 0 Å². The number of aryl methyl sites for hydroxylation is 1. The lowest BCUT2D eigenvalue weighted by Crippen LogP contribution is -2.08. The Morgan fingerprint density at radius 3 is 2.93 bits per heavy atom. The fourth-order valence-corrected chi connectivity index (χ4v) is 1.13. The SMILES string of the molecule is Cc1ccc(N)c(NCCC(=O)O)c1. The summed E-state index contributed by atoms with van der Waals surface area (Å²) in [6.45, 7) is 2.35. The summed E-state index contributed by atoms with van der Waals surface area (Å²) in [6, 6.07) is 5.62. The minimum atomic E-state index is -0.816. The van der Waals surface area contributed by atoms with Crippen LogP contribution in [0.2, 0.25) is 0 Å². The maximum Gasteiger partial charge on any atom is 0.305 e. The van der Waals surface area contributed by atoms with Crippen molar-refractivity contribution in [3.63, 3.8) is 0 Å². The second kappa shape index (κ2) is 4.50. The predicted molar refractivity (Wildman–Crippen MR) is 56.3 cm³/mol. The van der Waals surface area contributed by atoms with Gasteiger partial charge in [-0.05, 0) is 24.6 Å². The van der Waals surface area contributed by atoms with Crippen LogP contribution in [0.1, 0.15) is 12.0 Å². The van der Waals surface area contributed by atoms with E-state index in [2.05, 4.69) is 5.32 Å². The van der Waals surface area contributed by atoms with E-state index in [1.165, 1.54) is 0 Å². The molecular weight excluding hydrogens is 180 g/mol. The molecule has 0 atom stereocenters. The number of aliphatic carboxylic acids is 1. The average Bonchev–Trinajstić information content (AvgIpc) is 2.10. The van der Waals surface area contributed by atoms with Crippen LogP contribution in [0, 0.1) is 6.92 Å².